The first-order valence-corrected chi connectivity index (χ1v) is 6.34. The third-order valence-corrected chi connectivity index (χ3v) is 3.28. The van der Waals surface area contributed by atoms with Gasteiger partial charge in [-0.05, 0) is 22.0 Å². The molecule has 0 atom stereocenters. The van der Waals surface area contributed by atoms with Crippen molar-refractivity contribution in [2.24, 2.45) is 0 Å². The molecule has 2 heterocycles. The molecule has 4 nitrogen and oxygen atoms in total. The van der Waals surface area contributed by atoms with Crippen LogP contribution in [0.5, 0.6) is 0 Å². The number of rotatable bonds is 3. The minimum atomic E-state index is 0.0679. The first-order chi connectivity index (χ1) is 7.75. The molecule has 0 saturated carbocycles. The largest absolute Gasteiger partial charge is 0.314 e. The van der Waals surface area contributed by atoms with Gasteiger partial charge in [0.2, 0.25) is 0 Å². The van der Waals surface area contributed by atoms with Gasteiger partial charge in [0.15, 0.2) is 0 Å². The van der Waals surface area contributed by atoms with E-state index in [4.69, 9.17) is 0 Å². The van der Waals surface area contributed by atoms with Crippen molar-refractivity contribution in [3.63, 3.8) is 0 Å². The van der Waals surface area contributed by atoms with E-state index in [1.807, 2.05) is 6.20 Å². The first-order valence-electron chi connectivity index (χ1n) is 5.55. The second-order valence-corrected chi connectivity index (χ2v) is 4.89. The van der Waals surface area contributed by atoms with Gasteiger partial charge in [-0.3, -0.25) is 9.69 Å². The zero-order valence-corrected chi connectivity index (χ0v) is 10.7. The molecule has 1 N–H and O–H groups in total. The topological polar surface area (TPSA) is 37.3 Å². The zero-order valence-electron chi connectivity index (χ0n) is 9.16. The van der Waals surface area contributed by atoms with Gasteiger partial charge in [0, 0.05) is 56.0 Å². The lowest BCUT2D eigenvalue weighted by Crippen LogP contribution is -2.45. The molecular weight excluding hydrogens is 270 g/mol. The number of hydrogen-bond donors (Lipinski definition) is 1. The molecular formula is C11H16BrN3O. The van der Waals surface area contributed by atoms with Crippen LogP contribution in [-0.4, -0.2) is 42.2 Å². The smallest absolute Gasteiger partial charge is 0.250 e. The molecule has 1 fully saturated rings. The number of aromatic nitrogens is 1. The van der Waals surface area contributed by atoms with Gasteiger partial charge in [-0.25, -0.2) is 0 Å². The molecule has 16 heavy (non-hydrogen) atoms. The summed E-state index contributed by atoms with van der Waals surface area (Å²) in [6, 6.07) is 3.38. The number of nitrogens with one attached hydrogen (secondary N) is 1. The van der Waals surface area contributed by atoms with Crippen molar-refractivity contribution in [2.75, 3.05) is 32.7 Å². The Morgan fingerprint density at radius 1 is 1.25 bits per heavy atom. The van der Waals surface area contributed by atoms with Crippen LogP contribution in [0.3, 0.4) is 0 Å². The first kappa shape index (κ1) is 11.8. The minimum Gasteiger partial charge on any atom is -0.314 e. The summed E-state index contributed by atoms with van der Waals surface area (Å²) in [6.45, 7) is 5.95. The van der Waals surface area contributed by atoms with E-state index in [1.54, 1.807) is 16.7 Å². The van der Waals surface area contributed by atoms with Gasteiger partial charge >= 0.3 is 0 Å². The summed E-state index contributed by atoms with van der Waals surface area (Å²) in [4.78, 5) is 13.9. The average Bonchev–Trinajstić information content (AvgIpc) is 2.32. The van der Waals surface area contributed by atoms with Crippen LogP contribution in [0, 0.1) is 0 Å². The number of pyridine rings is 1. The van der Waals surface area contributed by atoms with Crippen LogP contribution < -0.4 is 10.9 Å². The van der Waals surface area contributed by atoms with Crippen molar-refractivity contribution < 1.29 is 0 Å². The second kappa shape index (κ2) is 5.61. The highest BCUT2D eigenvalue weighted by Gasteiger charge is 2.09. The van der Waals surface area contributed by atoms with Crippen LogP contribution in [0.4, 0.5) is 0 Å². The van der Waals surface area contributed by atoms with Crippen molar-refractivity contribution in [3.8, 4) is 0 Å². The predicted molar refractivity (Wildman–Crippen MR) is 67.7 cm³/mol. The molecule has 1 aliphatic rings. The Hall–Kier alpha value is -0.650. The van der Waals surface area contributed by atoms with Gasteiger partial charge in [-0.1, -0.05) is 0 Å². The van der Waals surface area contributed by atoms with Crippen LogP contribution in [0.2, 0.25) is 0 Å². The number of nitrogens with zero attached hydrogens (tertiary/aromatic N) is 2. The summed E-state index contributed by atoms with van der Waals surface area (Å²) < 4.78 is 2.71. The van der Waals surface area contributed by atoms with E-state index in [-0.39, 0.29) is 5.56 Å². The number of halogens is 1. The van der Waals surface area contributed by atoms with Crippen molar-refractivity contribution in [1.82, 2.24) is 14.8 Å². The fraction of sp³-hybridized carbons (Fsp3) is 0.545. The normalized spacial score (nSPS) is 17.6. The Balaban J connectivity index is 1.93. The summed E-state index contributed by atoms with van der Waals surface area (Å²) in [5.74, 6) is 0. The maximum absolute atomic E-state index is 11.6. The fourth-order valence-electron chi connectivity index (χ4n) is 1.86. The van der Waals surface area contributed by atoms with Crippen LogP contribution in [0.1, 0.15) is 0 Å². The highest BCUT2D eigenvalue weighted by Crippen LogP contribution is 2.04. The molecule has 1 aromatic rings. The lowest BCUT2D eigenvalue weighted by Gasteiger charge is -2.27. The summed E-state index contributed by atoms with van der Waals surface area (Å²) in [5, 5.41) is 3.32. The Morgan fingerprint density at radius 3 is 2.75 bits per heavy atom. The van der Waals surface area contributed by atoms with Gasteiger partial charge < -0.3 is 9.88 Å². The van der Waals surface area contributed by atoms with E-state index in [1.165, 1.54) is 0 Å². The van der Waals surface area contributed by atoms with Gasteiger partial charge in [-0.15, -0.1) is 0 Å². The predicted octanol–water partition coefficient (Wildman–Crippen LogP) is 0.516. The molecule has 0 radical (unpaired) electrons. The van der Waals surface area contributed by atoms with Crippen LogP contribution in [0.15, 0.2) is 27.6 Å². The van der Waals surface area contributed by atoms with E-state index in [9.17, 15) is 4.79 Å². The van der Waals surface area contributed by atoms with Crippen molar-refractivity contribution in [3.05, 3.63) is 33.2 Å². The fourth-order valence-corrected chi connectivity index (χ4v) is 2.24. The molecule has 0 unspecified atom stereocenters. The SMILES string of the molecule is O=c1ccc(Br)cn1CCN1CCNCC1. The van der Waals surface area contributed by atoms with Gasteiger partial charge in [0.05, 0.1) is 0 Å². The Morgan fingerprint density at radius 2 is 2.00 bits per heavy atom. The molecule has 0 aliphatic carbocycles. The maximum atomic E-state index is 11.6. The minimum absolute atomic E-state index is 0.0679. The van der Waals surface area contributed by atoms with E-state index in [0.29, 0.717) is 0 Å². The molecule has 0 spiro atoms. The monoisotopic (exact) mass is 285 g/mol. The number of piperazine rings is 1. The molecule has 1 aromatic heterocycles. The molecule has 0 bridgehead atoms. The second-order valence-electron chi connectivity index (χ2n) is 3.97. The molecule has 88 valence electrons. The van der Waals surface area contributed by atoms with Gasteiger partial charge in [0.1, 0.15) is 0 Å². The lowest BCUT2D eigenvalue weighted by molar-refractivity contribution is 0.231. The molecule has 1 aliphatic heterocycles. The third kappa shape index (κ3) is 3.17. The summed E-state index contributed by atoms with van der Waals surface area (Å²) in [7, 11) is 0. The van der Waals surface area contributed by atoms with Crippen molar-refractivity contribution in [1.29, 1.82) is 0 Å². The van der Waals surface area contributed by atoms with Crippen molar-refractivity contribution in [2.45, 2.75) is 6.54 Å². The summed E-state index contributed by atoms with van der Waals surface area (Å²) >= 11 is 3.38. The number of hydrogen-bond acceptors (Lipinski definition) is 3. The van der Waals surface area contributed by atoms with Crippen molar-refractivity contribution >= 4 is 15.9 Å². The van der Waals surface area contributed by atoms with Crippen LogP contribution >= 0.6 is 15.9 Å². The Kier molecular flexibility index (Phi) is 4.15. The lowest BCUT2D eigenvalue weighted by atomic mass is 10.3. The Bertz CT molecular complexity index is 398. The standard InChI is InChI=1S/C11H16BrN3O/c12-10-1-2-11(16)15(9-10)8-7-14-5-3-13-4-6-14/h1-2,9,13H,3-8H2. The van der Waals surface area contributed by atoms with E-state index in [0.717, 1.165) is 43.7 Å². The molecule has 1 saturated heterocycles. The van der Waals surface area contributed by atoms with E-state index < -0.39 is 0 Å². The summed E-state index contributed by atoms with van der Waals surface area (Å²) in [6.07, 6.45) is 1.85. The quantitative estimate of drug-likeness (QED) is 0.880. The van der Waals surface area contributed by atoms with E-state index in [2.05, 4.69) is 26.1 Å². The maximum Gasteiger partial charge on any atom is 0.250 e. The molecule has 2 rings (SSSR count). The van der Waals surface area contributed by atoms with Gasteiger partial charge in [-0.2, -0.15) is 0 Å². The van der Waals surface area contributed by atoms with Crippen LogP contribution in [0.25, 0.3) is 0 Å². The average molecular weight is 286 g/mol. The van der Waals surface area contributed by atoms with E-state index >= 15 is 0 Å². The Labute approximate surface area is 103 Å². The molecule has 0 amide bonds. The highest BCUT2D eigenvalue weighted by molar-refractivity contribution is 9.10. The zero-order chi connectivity index (χ0) is 11.4. The third-order valence-electron chi connectivity index (χ3n) is 2.81. The highest BCUT2D eigenvalue weighted by atomic mass is 79.9. The van der Waals surface area contributed by atoms with Crippen LogP contribution in [-0.2, 0) is 6.54 Å². The summed E-state index contributed by atoms with van der Waals surface area (Å²) in [5.41, 5.74) is 0.0679. The molecule has 0 aromatic carbocycles. The van der Waals surface area contributed by atoms with Gasteiger partial charge in [0.25, 0.3) is 5.56 Å². The molecule has 5 heteroatoms.